The van der Waals surface area contributed by atoms with Gasteiger partial charge in [0.2, 0.25) is 5.91 Å². The fourth-order valence-corrected chi connectivity index (χ4v) is 2.63. The SMILES string of the molecule is CCNC(=NCCC(=O)NC(C)C)N1CCC(NC(=O)OC(C)(C)C)C1. The lowest BCUT2D eigenvalue weighted by atomic mass is 10.2. The third-order valence-corrected chi connectivity index (χ3v) is 3.59. The van der Waals surface area contributed by atoms with Gasteiger partial charge in [-0.15, -0.1) is 0 Å². The molecule has 8 heteroatoms. The van der Waals surface area contributed by atoms with Crippen LogP contribution in [0.4, 0.5) is 4.79 Å². The number of ether oxygens (including phenoxy) is 1. The van der Waals surface area contributed by atoms with Crippen molar-refractivity contribution in [2.45, 2.75) is 72.1 Å². The maximum Gasteiger partial charge on any atom is 0.407 e. The van der Waals surface area contributed by atoms with Gasteiger partial charge in [-0.2, -0.15) is 0 Å². The third kappa shape index (κ3) is 8.92. The molecule has 8 nitrogen and oxygen atoms in total. The van der Waals surface area contributed by atoms with E-state index in [1.807, 2.05) is 41.5 Å². The van der Waals surface area contributed by atoms with Crippen molar-refractivity contribution in [1.29, 1.82) is 0 Å². The van der Waals surface area contributed by atoms with Gasteiger partial charge in [-0.1, -0.05) is 0 Å². The first-order valence-corrected chi connectivity index (χ1v) is 9.43. The first kappa shape index (κ1) is 22.1. The van der Waals surface area contributed by atoms with Crippen LogP contribution in [0.15, 0.2) is 4.99 Å². The monoisotopic (exact) mass is 369 g/mol. The van der Waals surface area contributed by atoms with Crippen LogP contribution in [0.1, 0.15) is 54.4 Å². The van der Waals surface area contributed by atoms with Crippen molar-refractivity contribution >= 4 is 18.0 Å². The van der Waals surface area contributed by atoms with E-state index in [2.05, 4.69) is 25.8 Å². The molecule has 0 aromatic heterocycles. The average molecular weight is 370 g/mol. The molecule has 0 aromatic carbocycles. The van der Waals surface area contributed by atoms with Crippen molar-refractivity contribution in [3.8, 4) is 0 Å². The molecule has 150 valence electrons. The van der Waals surface area contributed by atoms with E-state index in [1.165, 1.54) is 0 Å². The molecule has 1 aliphatic rings. The molecule has 1 saturated heterocycles. The lowest BCUT2D eigenvalue weighted by molar-refractivity contribution is -0.121. The summed E-state index contributed by atoms with van der Waals surface area (Å²) in [5.41, 5.74) is -0.505. The fraction of sp³-hybridized carbons (Fsp3) is 0.833. The number of rotatable bonds is 6. The van der Waals surface area contributed by atoms with Crippen LogP contribution < -0.4 is 16.0 Å². The molecule has 1 atom stereocenters. The third-order valence-electron chi connectivity index (χ3n) is 3.59. The summed E-state index contributed by atoms with van der Waals surface area (Å²) in [7, 11) is 0. The van der Waals surface area contributed by atoms with Crippen LogP contribution in [-0.2, 0) is 9.53 Å². The number of guanidine groups is 1. The summed E-state index contributed by atoms with van der Waals surface area (Å²) in [6.45, 7) is 14.1. The first-order valence-electron chi connectivity index (χ1n) is 9.43. The van der Waals surface area contributed by atoms with Crippen molar-refractivity contribution in [3.63, 3.8) is 0 Å². The number of aliphatic imine (C=N–C) groups is 1. The molecule has 0 radical (unpaired) electrons. The zero-order chi connectivity index (χ0) is 19.7. The van der Waals surface area contributed by atoms with Gasteiger partial charge in [-0.3, -0.25) is 9.79 Å². The number of nitrogens with one attached hydrogen (secondary N) is 3. The normalized spacial score (nSPS) is 18.0. The van der Waals surface area contributed by atoms with Gasteiger partial charge in [0, 0.05) is 32.1 Å². The topological polar surface area (TPSA) is 95.1 Å². The van der Waals surface area contributed by atoms with Gasteiger partial charge in [0.1, 0.15) is 5.60 Å². The zero-order valence-electron chi connectivity index (χ0n) is 17.0. The minimum absolute atomic E-state index is 0.00508. The smallest absolute Gasteiger partial charge is 0.407 e. The molecule has 1 unspecified atom stereocenters. The van der Waals surface area contributed by atoms with E-state index in [-0.39, 0.29) is 18.0 Å². The Morgan fingerprint density at radius 3 is 2.58 bits per heavy atom. The van der Waals surface area contributed by atoms with Gasteiger partial charge in [0.15, 0.2) is 5.96 Å². The number of hydrogen-bond acceptors (Lipinski definition) is 4. The van der Waals surface area contributed by atoms with Crippen LogP contribution in [0.25, 0.3) is 0 Å². The van der Waals surface area contributed by atoms with E-state index in [9.17, 15) is 9.59 Å². The van der Waals surface area contributed by atoms with Crippen LogP contribution in [0.2, 0.25) is 0 Å². The summed E-state index contributed by atoms with van der Waals surface area (Å²) < 4.78 is 5.31. The highest BCUT2D eigenvalue weighted by Crippen LogP contribution is 2.12. The van der Waals surface area contributed by atoms with Crippen LogP contribution >= 0.6 is 0 Å². The first-order chi connectivity index (χ1) is 12.1. The van der Waals surface area contributed by atoms with Gasteiger partial charge in [-0.25, -0.2) is 4.79 Å². The Balaban J connectivity index is 2.51. The Labute approximate surface area is 157 Å². The molecule has 2 amide bonds. The number of likely N-dealkylation sites (tertiary alicyclic amines) is 1. The minimum atomic E-state index is -0.505. The predicted molar refractivity (Wildman–Crippen MR) is 103 cm³/mol. The highest BCUT2D eigenvalue weighted by atomic mass is 16.6. The maximum atomic E-state index is 11.9. The molecule has 0 saturated carbocycles. The molecule has 3 N–H and O–H groups in total. The summed E-state index contributed by atoms with van der Waals surface area (Å²) >= 11 is 0. The number of carbonyl (C=O) groups excluding carboxylic acids is 2. The summed E-state index contributed by atoms with van der Waals surface area (Å²) in [5.74, 6) is 0.781. The van der Waals surface area contributed by atoms with E-state index >= 15 is 0 Å². The van der Waals surface area contributed by atoms with Crippen molar-refractivity contribution < 1.29 is 14.3 Å². The lowest BCUT2D eigenvalue weighted by Crippen LogP contribution is -2.44. The maximum absolute atomic E-state index is 11.9. The molecule has 1 fully saturated rings. The molecule has 0 spiro atoms. The molecule has 0 aliphatic carbocycles. The Morgan fingerprint density at radius 1 is 1.31 bits per heavy atom. The van der Waals surface area contributed by atoms with Crippen molar-refractivity contribution in [3.05, 3.63) is 0 Å². The molecule has 26 heavy (non-hydrogen) atoms. The Kier molecular flexibility index (Phi) is 8.68. The van der Waals surface area contributed by atoms with E-state index < -0.39 is 11.7 Å². The second-order valence-electron chi connectivity index (χ2n) is 7.79. The van der Waals surface area contributed by atoms with E-state index in [0.717, 1.165) is 25.5 Å². The molecule has 0 aromatic rings. The van der Waals surface area contributed by atoms with Crippen molar-refractivity contribution in [2.24, 2.45) is 4.99 Å². The number of hydrogen-bond donors (Lipinski definition) is 3. The van der Waals surface area contributed by atoms with Crippen LogP contribution in [0.3, 0.4) is 0 Å². The standard InChI is InChI=1S/C18H35N5O3/c1-7-19-16(20-10-8-15(24)21-13(2)3)23-11-9-14(12-23)22-17(25)26-18(4,5)6/h13-14H,7-12H2,1-6H3,(H,19,20)(H,21,24)(H,22,25). The summed E-state index contributed by atoms with van der Waals surface area (Å²) in [4.78, 5) is 30.3. The zero-order valence-corrected chi connectivity index (χ0v) is 17.0. The number of nitrogens with zero attached hydrogens (tertiary/aromatic N) is 2. The molecule has 1 aliphatic heterocycles. The molecular weight excluding hydrogens is 334 g/mol. The fourth-order valence-electron chi connectivity index (χ4n) is 2.63. The second-order valence-corrected chi connectivity index (χ2v) is 7.79. The van der Waals surface area contributed by atoms with Gasteiger partial charge < -0.3 is 25.6 Å². The molecule has 1 rings (SSSR count). The molecular formula is C18H35N5O3. The molecule has 0 bridgehead atoms. The van der Waals surface area contributed by atoms with E-state index in [1.54, 1.807) is 0 Å². The Hall–Kier alpha value is -1.99. The number of amides is 2. The van der Waals surface area contributed by atoms with Gasteiger partial charge >= 0.3 is 6.09 Å². The van der Waals surface area contributed by atoms with Crippen molar-refractivity contribution in [2.75, 3.05) is 26.2 Å². The highest BCUT2D eigenvalue weighted by Gasteiger charge is 2.27. The number of alkyl carbamates (subject to hydrolysis) is 1. The van der Waals surface area contributed by atoms with E-state index in [4.69, 9.17) is 4.74 Å². The van der Waals surface area contributed by atoms with Crippen LogP contribution in [-0.4, -0.2) is 66.7 Å². The summed E-state index contributed by atoms with van der Waals surface area (Å²) in [5, 5.41) is 9.02. The molecule has 1 heterocycles. The minimum Gasteiger partial charge on any atom is -0.444 e. The van der Waals surface area contributed by atoms with E-state index in [0.29, 0.717) is 19.5 Å². The van der Waals surface area contributed by atoms with Gasteiger partial charge in [0.25, 0.3) is 0 Å². The van der Waals surface area contributed by atoms with Gasteiger partial charge in [-0.05, 0) is 48.0 Å². The average Bonchev–Trinajstić information content (AvgIpc) is 2.91. The summed E-state index contributed by atoms with van der Waals surface area (Å²) in [6.07, 6.45) is 0.800. The second kappa shape index (κ2) is 10.2. The quantitative estimate of drug-likeness (QED) is 0.487. The Morgan fingerprint density at radius 2 is 2.00 bits per heavy atom. The predicted octanol–water partition coefficient (Wildman–Crippen LogP) is 1.47. The number of carbonyl (C=O) groups is 2. The largest absolute Gasteiger partial charge is 0.444 e. The van der Waals surface area contributed by atoms with Gasteiger partial charge in [0.05, 0.1) is 12.6 Å². The lowest BCUT2D eigenvalue weighted by Gasteiger charge is -2.23. The summed E-state index contributed by atoms with van der Waals surface area (Å²) in [6, 6.07) is 0.163. The Bertz CT molecular complexity index is 500. The van der Waals surface area contributed by atoms with Crippen molar-refractivity contribution in [1.82, 2.24) is 20.9 Å². The highest BCUT2D eigenvalue weighted by molar-refractivity contribution is 5.81. The van der Waals surface area contributed by atoms with Crippen LogP contribution in [0, 0.1) is 0 Å². The van der Waals surface area contributed by atoms with Crippen LogP contribution in [0.5, 0.6) is 0 Å².